The molecule has 18 heavy (non-hydrogen) atoms. The number of aryl methyl sites for hydroxylation is 2. The highest BCUT2D eigenvalue weighted by atomic mass is 16.5. The Morgan fingerprint density at radius 3 is 2.44 bits per heavy atom. The fraction of sp³-hybridized carbons (Fsp3) is 0.600. The molecule has 0 radical (unpaired) electrons. The Kier molecular flexibility index (Phi) is 3.64. The van der Waals surface area contributed by atoms with Crippen LogP contribution in [0.15, 0.2) is 12.1 Å². The van der Waals surface area contributed by atoms with Gasteiger partial charge in [0.1, 0.15) is 5.75 Å². The molecule has 1 aromatic rings. The summed E-state index contributed by atoms with van der Waals surface area (Å²) in [5, 5.41) is 0. The van der Waals surface area contributed by atoms with Gasteiger partial charge >= 0.3 is 0 Å². The number of hydrogen-bond acceptors (Lipinski definition) is 3. The van der Waals surface area contributed by atoms with Crippen LogP contribution in [0.2, 0.25) is 0 Å². The van der Waals surface area contributed by atoms with Gasteiger partial charge in [0.2, 0.25) is 0 Å². The molecular weight excluding hydrogens is 224 g/mol. The highest BCUT2D eigenvalue weighted by Crippen LogP contribution is 2.33. The van der Waals surface area contributed by atoms with Gasteiger partial charge in [0.05, 0.1) is 7.11 Å². The fourth-order valence-electron chi connectivity index (χ4n) is 2.37. The second-order valence-corrected chi connectivity index (χ2v) is 5.78. The molecule has 1 aliphatic carbocycles. The summed E-state index contributed by atoms with van der Waals surface area (Å²) in [6.45, 7) is 6.11. The number of nitrogens with two attached hydrogens (primary N) is 1. The van der Waals surface area contributed by atoms with Crippen LogP contribution in [0.3, 0.4) is 0 Å². The molecule has 0 spiro atoms. The molecular formula is C15H24N2O. The molecule has 3 heteroatoms. The summed E-state index contributed by atoms with van der Waals surface area (Å²) in [4.78, 5) is 2.29. The highest BCUT2D eigenvalue weighted by molar-refractivity contribution is 5.41. The van der Waals surface area contributed by atoms with Gasteiger partial charge in [-0.2, -0.15) is 0 Å². The molecule has 0 aromatic heterocycles. The Morgan fingerprint density at radius 2 is 1.89 bits per heavy atom. The zero-order valence-corrected chi connectivity index (χ0v) is 11.9. The maximum atomic E-state index is 6.15. The quantitative estimate of drug-likeness (QED) is 0.868. The third-order valence-electron chi connectivity index (χ3n) is 3.81. The molecule has 0 heterocycles. The van der Waals surface area contributed by atoms with Gasteiger partial charge in [-0.05, 0) is 50.9 Å². The van der Waals surface area contributed by atoms with Gasteiger partial charge in [-0.15, -0.1) is 0 Å². The van der Waals surface area contributed by atoms with Gasteiger partial charge in [0, 0.05) is 24.2 Å². The molecule has 0 aliphatic heterocycles. The fourth-order valence-corrected chi connectivity index (χ4v) is 2.37. The topological polar surface area (TPSA) is 38.5 Å². The van der Waals surface area contributed by atoms with Crippen molar-refractivity contribution in [2.24, 2.45) is 5.73 Å². The van der Waals surface area contributed by atoms with Crippen molar-refractivity contribution in [3.63, 3.8) is 0 Å². The third-order valence-corrected chi connectivity index (χ3v) is 3.81. The summed E-state index contributed by atoms with van der Waals surface area (Å²) in [6, 6.07) is 4.34. The van der Waals surface area contributed by atoms with Crippen molar-refractivity contribution in [1.29, 1.82) is 0 Å². The molecule has 0 saturated heterocycles. The Labute approximate surface area is 110 Å². The molecule has 100 valence electrons. The lowest BCUT2D eigenvalue weighted by Gasteiger charge is -2.22. The average Bonchev–Trinajstić information content (AvgIpc) is 3.00. The Morgan fingerprint density at radius 1 is 1.28 bits per heavy atom. The lowest BCUT2D eigenvalue weighted by atomic mass is 10.0. The Balaban J connectivity index is 2.09. The highest BCUT2D eigenvalue weighted by Gasteiger charge is 2.38. The van der Waals surface area contributed by atoms with Crippen molar-refractivity contribution in [3.05, 3.63) is 28.8 Å². The maximum absolute atomic E-state index is 6.15. The summed E-state index contributed by atoms with van der Waals surface area (Å²) in [6.07, 6.45) is 2.31. The van der Waals surface area contributed by atoms with E-state index >= 15 is 0 Å². The Hall–Kier alpha value is -1.06. The first-order valence-electron chi connectivity index (χ1n) is 6.55. The first kappa shape index (κ1) is 13.4. The average molecular weight is 248 g/mol. The molecule has 2 rings (SSSR count). The number of likely N-dealkylation sites (N-methyl/N-ethyl adjacent to an activating group) is 1. The minimum Gasteiger partial charge on any atom is -0.496 e. The van der Waals surface area contributed by atoms with E-state index in [2.05, 4.69) is 37.9 Å². The van der Waals surface area contributed by atoms with Crippen molar-refractivity contribution in [1.82, 2.24) is 4.90 Å². The summed E-state index contributed by atoms with van der Waals surface area (Å²) < 4.78 is 5.47. The van der Waals surface area contributed by atoms with Crippen molar-refractivity contribution in [3.8, 4) is 5.75 Å². The van der Waals surface area contributed by atoms with Gasteiger partial charge in [-0.3, -0.25) is 0 Å². The van der Waals surface area contributed by atoms with Gasteiger partial charge in [0.25, 0.3) is 0 Å². The molecule has 0 atom stereocenters. The molecule has 1 fully saturated rings. The van der Waals surface area contributed by atoms with E-state index in [0.717, 1.165) is 31.7 Å². The van der Waals surface area contributed by atoms with Crippen LogP contribution in [-0.4, -0.2) is 31.1 Å². The second-order valence-electron chi connectivity index (χ2n) is 5.78. The number of rotatable bonds is 5. The van der Waals surface area contributed by atoms with Crippen LogP contribution in [0, 0.1) is 13.8 Å². The first-order chi connectivity index (χ1) is 8.43. The molecule has 2 N–H and O–H groups in total. The van der Waals surface area contributed by atoms with Crippen LogP contribution in [0.25, 0.3) is 0 Å². The van der Waals surface area contributed by atoms with Crippen LogP contribution >= 0.6 is 0 Å². The van der Waals surface area contributed by atoms with Crippen molar-refractivity contribution >= 4 is 0 Å². The molecule has 1 aromatic carbocycles. The van der Waals surface area contributed by atoms with Crippen molar-refractivity contribution in [2.45, 2.75) is 38.8 Å². The molecule has 1 saturated carbocycles. The first-order valence-corrected chi connectivity index (χ1v) is 6.55. The number of ether oxygens (including phenoxy) is 1. The lowest BCUT2D eigenvalue weighted by molar-refractivity contribution is 0.289. The lowest BCUT2D eigenvalue weighted by Crippen LogP contribution is -2.36. The minimum absolute atomic E-state index is 0.0712. The van der Waals surface area contributed by atoms with Gasteiger partial charge in [-0.25, -0.2) is 0 Å². The van der Waals surface area contributed by atoms with E-state index in [1.54, 1.807) is 7.11 Å². The van der Waals surface area contributed by atoms with E-state index in [1.807, 2.05) is 0 Å². The SMILES string of the molecule is COc1cc(C)c(C)cc1CN(C)CC1(N)CC1. The summed E-state index contributed by atoms with van der Waals surface area (Å²) in [5.74, 6) is 0.979. The third kappa shape index (κ3) is 3.03. The van der Waals surface area contributed by atoms with Crippen LogP contribution < -0.4 is 10.5 Å². The number of benzene rings is 1. The van der Waals surface area contributed by atoms with E-state index in [-0.39, 0.29) is 5.54 Å². The normalized spacial score (nSPS) is 17.0. The van der Waals surface area contributed by atoms with Gasteiger partial charge < -0.3 is 15.4 Å². The molecule has 0 unspecified atom stereocenters. The number of nitrogens with zero attached hydrogens (tertiary/aromatic N) is 1. The van der Waals surface area contributed by atoms with Gasteiger partial charge in [0.15, 0.2) is 0 Å². The Bertz CT molecular complexity index is 438. The smallest absolute Gasteiger partial charge is 0.123 e. The predicted octanol–water partition coefficient (Wildman–Crippen LogP) is 2.24. The zero-order chi connectivity index (χ0) is 13.3. The molecule has 1 aliphatic rings. The largest absolute Gasteiger partial charge is 0.496 e. The second kappa shape index (κ2) is 4.90. The zero-order valence-electron chi connectivity index (χ0n) is 11.9. The summed E-state index contributed by atoms with van der Waals surface area (Å²) in [7, 11) is 3.86. The minimum atomic E-state index is 0.0712. The van der Waals surface area contributed by atoms with E-state index < -0.39 is 0 Å². The molecule has 0 amide bonds. The van der Waals surface area contributed by atoms with E-state index in [4.69, 9.17) is 10.5 Å². The summed E-state index contributed by atoms with van der Waals surface area (Å²) >= 11 is 0. The van der Waals surface area contributed by atoms with Gasteiger partial charge in [-0.1, -0.05) is 6.07 Å². The number of methoxy groups -OCH3 is 1. The van der Waals surface area contributed by atoms with E-state index in [9.17, 15) is 0 Å². The number of hydrogen-bond donors (Lipinski definition) is 1. The van der Waals surface area contributed by atoms with Crippen LogP contribution in [-0.2, 0) is 6.54 Å². The van der Waals surface area contributed by atoms with Crippen molar-refractivity contribution < 1.29 is 4.74 Å². The predicted molar refractivity (Wildman–Crippen MR) is 75.0 cm³/mol. The molecule has 0 bridgehead atoms. The molecule has 3 nitrogen and oxygen atoms in total. The standard InChI is InChI=1S/C15H24N2O/c1-11-7-13(14(18-4)8-12(11)2)9-17(3)10-15(16)5-6-15/h7-8H,5-6,9-10,16H2,1-4H3. The van der Waals surface area contributed by atoms with E-state index in [1.165, 1.54) is 16.7 Å². The van der Waals surface area contributed by atoms with E-state index in [0.29, 0.717) is 0 Å². The van der Waals surface area contributed by atoms with Crippen LogP contribution in [0.4, 0.5) is 0 Å². The monoisotopic (exact) mass is 248 g/mol. The van der Waals surface area contributed by atoms with Crippen LogP contribution in [0.5, 0.6) is 5.75 Å². The van der Waals surface area contributed by atoms with Crippen LogP contribution in [0.1, 0.15) is 29.5 Å². The summed E-state index contributed by atoms with van der Waals surface area (Å²) in [5.41, 5.74) is 10.1. The van der Waals surface area contributed by atoms with Crippen molar-refractivity contribution in [2.75, 3.05) is 20.7 Å². The maximum Gasteiger partial charge on any atom is 0.123 e.